The monoisotopic (exact) mass is 1670 g/mol. The number of nitrogens with zero attached hydrogens (tertiary/aromatic N) is 18. The van der Waals surface area contributed by atoms with E-state index in [9.17, 15) is 0 Å². The van der Waals surface area contributed by atoms with Crippen molar-refractivity contribution < 1.29 is 4.74 Å². The molecule has 0 unspecified atom stereocenters. The van der Waals surface area contributed by atoms with Crippen LogP contribution in [0.1, 0.15) is 200 Å². The molecule has 0 saturated heterocycles. The van der Waals surface area contributed by atoms with Gasteiger partial charge in [0.15, 0.2) is 0 Å². The van der Waals surface area contributed by atoms with Crippen molar-refractivity contribution in [2.24, 2.45) is 0 Å². The van der Waals surface area contributed by atoms with E-state index in [4.69, 9.17) is 17.6 Å². The van der Waals surface area contributed by atoms with Gasteiger partial charge in [0, 0.05) is 0 Å². The minimum absolute atomic E-state index is 0.517. The molecule has 6 aromatic heterocycles. The van der Waals surface area contributed by atoms with E-state index in [2.05, 4.69) is 257 Å². The smallest absolute Gasteiger partial charge is 0.143 e. The molecule has 17 rings (SSSR count). The fourth-order valence-corrected chi connectivity index (χ4v) is 16.7. The van der Waals surface area contributed by atoms with Gasteiger partial charge >= 0.3 is 0 Å². The van der Waals surface area contributed by atoms with Crippen LogP contribution in [0.2, 0.25) is 0 Å². The Bertz CT molecular complexity index is 6910. The minimum atomic E-state index is 0.517. The molecule has 19 nitrogen and oxygen atoms in total. The topological polar surface area (TPSA) is 193 Å². The molecule has 0 aliphatic rings. The average Bonchev–Trinajstić information content (AvgIpc) is 1.49. The molecule has 0 saturated carbocycles. The number of aryl methyl sites for hydroxylation is 8. The second-order valence-corrected chi connectivity index (χ2v) is 32.0. The van der Waals surface area contributed by atoms with Crippen molar-refractivity contribution in [2.45, 2.75) is 197 Å². The highest BCUT2D eigenvalue weighted by Crippen LogP contribution is 2.40. The molecule has 0 fully saturated rings. The van der Waals surface area contributed by atoms with Crippen molar-refractivity contribution >= 4 is 66.2 Å². The van der Waals surface area contributed by atoms with Gasteiger partial charge in [-0.1, -0.05) is 241 Å². The highest BCUT2D eigenvalue weighted by atomic mass is 16.5. The summed E-state index contributed by atoms with van der Waals surface area (Å²) < 4.78 is 18.3. The van der Waals surface area contributed by atoms with Gasteiger partial charge in [-0.05, 0) is 308 Å². The molecule has 0 radical (unpaired) electrons. The van der Waals surface area contributed by atoms with E-state index in [1.807, 2.05) is 145 Å². The summed E-state index contributed by atoms with van der Waals surface area (Å²) in [4.78, 5) is 0. The highest BCUT2D eigenvalue weighted by Gasteiger charge is 2.25. The standard InChI is InChI=1S/C38H20N6O.C36H40N6.C34H44N6/c1-5-7-9-11-17-29-26-37(28(4)23-36(29)44-34-22-16-14-20-32(34)40-42-44)45-38-24-27(3)35(25-30(38)18-12-10-8-6-2)43-33-21-15-13-19-31(33)39-41-43;1-5-13-25-23-35(41-33-19-11-9-17-31(33)37-39-41)27(15-7-3)21-29(25)30-22-28(16-8-4)36(24-26(30)14-6-2)42-34-20-12-10-18-32(34)38-40-42;1-3-5-7-9-11-13-19-27-25-34(40-32-24-18-16-22-30(32)36-38-40)28(20-14-12-10-8-6-4-2)26-33(27)39-31-23-17-15-21-29(31)35-37-39/h1-2,13-16,19-26H,3-4H3;9-12,17-24H,5-8,13-16H2,1-4H3;15-18,21-26H,3-14,19-20H2,1-2H3. The van der Waals surface area contributed by atoms with Crippen LogP contribution in [0.5, 0.6) is 11.5 Å². The van der Waals surface area contributed by atoms with Gasteiger partial charge in [0.1, 0.15) is 44.6 Å². The van der Waals surface area contributed by atoms with E-state index in [0.717, 1.165) is 189 Å². The van der Waals surface area contributed by atoms with Crippen molar-refractivity contribution in [2.75, 3.05) is 0 Å². The first-order valence-corrected chi connectivity index (χ1v) is 44.8. The molecule has 11 aromatic carbocycles. The Balaban J connectivity index is 0.000000147. The number of hydrogen-bond donors (Lipinski definition) is 0. The molecule has 0 aliphatic carbocycles. The first kappa shape index (κ1) is 86.9. The molecule has 127 heavy (non-hydrogen) atoms. The van der Waals surface area contributed by atoms with Crippen LogP contribution in [0.3, 0.4) is 0 Å². The number of terminal acetylenes is 2. The average molecular weight is 1670 g/mol. The lowest BCUT2D eigenvalue weighted by Crippen LogP contribution is -2.09. The lowest BCUT2D eigenvalue weighted by atomic mass is 9.86. The molecule has 0 aliphatic heterocycles. The quantitative estimate of drug-likeness (QED) is 0.0294. The van der Waals surface area contributed by atoms with Gasteiger partial charge in [-0.25, -0.2) is 28.1 Å². The third-order valence-electron chi connectivity index (χ3n) is 22.9. The van der Waals surface area contributed by atoms with Crippen LogP contribution in [0.4, 0.5) is 0 Å². The van der Waals surface area contributed by atoms with Crippen LogP contribution in [-0.4, -0.2) is 90.0 Å². The van der Waals surface area contributed by atoms with Crippen LogP contribution in [0, 0.1) is 85.9 Å². The highest BCUT2D eigenvalue weighted by molar-refractivity contribution is 5.84. The van der Waals surface area contributed by atoms with Crippen LogP contribution in [-0.2, 0) is 38.5 Å². The number of benzene rings is 11. The second-order valence-electron chi connectivity index (χ2n) is 32.0. The summed E-state index contributed by atoms with van der Waals surface area (Å²) in [5.41, 5.74) is 30.8. The Hall–Kier alpha value is -15.0. The van der Waals surface area contributed by atoms with E-state index >= 15 is 0 Å². The Morgan fingerprint density at radius 2 is 0.567 bits per heavy atom. The summed E-state index contributed by atoms with van der Waals surface area (Å²) in [6.07, 6.45) is 36.1. The fraction of sp³-hybridized carbons (Fsp3) is 0.278. The summed E-state index contributed by atoms with van der Waals surface area (Å²) in [6.45, 7) is 17.5. The predicted molar refractivity (Wildman–Crippen MR) is 512 cm³/mol. The Morgan fingerprint density at radius 1 is 0.260 bits per heavy atom. The molecule has 0 atom stereocenters. The SMILES string of the molecule is C#CC#CC#Cc1cc(-n2nnc3ccccc32)c(C)cc1Oc1cc(C#CC#CC#C)c(-n2nnc3ccccc32)cc1C.CCCCCCCCc1cc(-n2nnc3ccccc32)c(CCCCCCCC)cc1-n1nnc2ccccc21.CCCc1cc(-n2nnc3ccccc32)c(CCC)cc1-c1cc(CCC)c(-n2nnc3ccccc32)cc1CCC. The van der Waals surface area contributed by atoms with Gasteiger partial charge in [-0.3, -0.25) is 0 Å². The summed E-state index contributed by atoms with van der Waals surface area (Å²) in [5, 5.41) is 53.8. The fourth-order valence-electron chi connectivity index (χ4n) is 16.7. The summed E-state index contributed by atoms with van der Waals surface area (Å²) in [7, 11) is 0. The predicted octanol–water partition coefficient (Wildman–Crippen LogP) is 23.1. The largest absolute Gasteiger partial charge is 0.456 e. The number of ether oxygens (including phenoxy) is 1. The number of aromatic nitrogens is 18. The third-order valence-corrected chi connectivity index (χ3v) is 22.9. The van der Waals surface area contributed by atoms with E-state index in [0.29, 0.717) is 22.6 Å². The first-order chi connectivity index (χ1) is 62.5. The van der Waals surface area contributed by atoms with Crippen molar-refractivity contribution in [3.8, 4) is 129 Å². The number of hydrogen-bond acceptors (Lipinski definition) is 13. The van der Waals surface area contributed by atoms with Gasteiger partial charge in [0.05, 0.1) is 78.4 Å². The summed E-state index contributed by atoms with van der Waals surface area (Å²) in [6, 6.07) is 70.4. The molecule has 632 valence electrons. The van der Waals surface area contributed by atoms with Gasteiger partial charge in [0.25, 0.3) is 0 Å². The minimum Gasteiger partial charge on any atom is -0.456 e. The van der Waals surface area contributed by atoms with Crippen molar-refractivity contribution in [1.29, 1.82) is 0 Å². The van der Waals surface area contributed by atoms with Crippen molar-refractivity contribution in [3.63, 3.8) is 0 Å². The zero-order chi connectivity index (χ0) is 87.8. The van der Waals surface area contributed by atoms with E-state index in [1.54, 1.807) is 9.36 Å². The second kappa shape index (κ2) is 42.4. The maximum Gasteiger partial charge on any atom is 0.143 e. The molecule has 6 heterocycles. The molecular formula is C108H104N18O. The molecule has 0 amide bonds. The summed E-state index contributed by atoms with van der Waals surface area (Å²) in [5.74, 6) is 27.8. The van der Waals surface area contributed by atoms with Crippen LogP contribution >= 0.6 is 0 Å². The van der Waals surface area contributed by atoms with Gasteiger partial charge in [-0.2, -0.15) is 0 Å². The van der Waals surface area contributed by atoms with Gasteiger partial charge in [-0.15, -0.1) is 43.4 Å². The maximum atomic E-state index is 6.55. The van der Waals surface area contributed by atoms with E-state index in [-0.39, 0.29) is 0 Å². The molecule has 0 N–H and O–H groups in total. The van der Waals surface area contributed by atoms with Crippen LogP contribution < -0.4 is 4.74 Å². The number of rotatable bonds is 31. The van der Waals surface area contributed by atoms with Crippen molar-refractivity contribution in [1.82, 2.24) is 90.0 Å². The number of fused-ring (bicyclic) bond motifs is 6. The van der Waals surface area contributed by atoms with Crippen LogP contribution in [0.15, 0.2) is 206 Å². The van der Waals surface area contributed by atoms with Gasteiger partial charge in [0.2, 0.25) is 0 Å². The first-order valence-electron chi connectivity index (χ1n) is 44.8. The maximum absolute atomic E-state index is 6.55. The zero-order valence-corrected chi connectivity index (χ0v) is 73.8. The zero-order valence-electron chi connectivity index (χ0n) is 73.8. The Kier molecular flexibility index (Phi) is 29.0. The number of para-hydroxylation sites is 6. The van der Waals surface area contributed by atoms with Crippen LogP contribution in [0.25, 0.3) is 111 Å². The summed E-state index contributed by atoms with van der Waals surface area (Å²) >= 11 is 0. The van der Waals surface area contributed by atoms with E-state index in [1.165, 1.54) is 109 Å². The molecule has 0 spiro atoms. The lowest BCUT2D eigenvalue weighted by molar-refractivity contribution is 0.476. The molecule has 17 aromatic rings. The third kappa shape index (κ3) is 20.0. The molecular weight excluding hydrogens is 1570 g/mol. The Morgan fingerprint density at radius 3 is 0.921 bits per heavy atom. The Labute approximate surface area is 743 Å². The molecule has 0 bridgehead atoms. The van der Waals surface area contributed by atoms with Crippen molar-refractivity contribution in [3.05, 3.63) is 262 Å². The normalized spacial score (nSPS) is 10.9. The van der Waals surface area contributed by atoms with E-state index < -0.39 is 0 Å². The molecule has 19 heteroatoms. The lowest BCUT2D eigenvalue weighted by Gasteiger charge is -2.21. The van der Waals surface area contributed by atoms with Gasteiger partial charge < -0.3 is 4.74 Å². The number of unbranched alkanes of at least 4 members (excludes halogenated alkanes) is 10.